The van der Waals surface area contributed by atoms with E-state index in [0.29, 0.717) is 0 Å². The summed E-state index contributed by atoms with van der Waals surface area (Å²) in [5, 5.41) is 10.4. The molecule has 0 bridgehead atoms. The quantitative estimate of drug-likeness (QED) is 0.888. The molecule has 1 aromatic heterocycles. The van der Waals surface area contributed by atoms with Crippen molar-refractivity contribution in [2.45, 2.75) is 17.9 Å². The van der Waals surface area contributed by atoms with Crippen molar-refractivity contribution in [1.82, 2.24) is 4.72 Å². The Bertz CT molecular complexity index is 707. The van der Waals surface area contributed by atoms with E-state index in [1.54, 1.807) is 19.1 Å². The molecule has 1 heterocycles. The zero-order valence-corrected chi connectivity index (χ0v) is 12.2. The number of carbonyl (C=O) groups is 1. The number of carboxylic acids is 1. The van der Waals surface area contributed by atoms with Crippen molar-refractivity contribution < 1.29 is 18.3 Å². The molecule has 0 radical (unpaired) electrons. The van der Waals surface area contributed by atoms with Gasteiger partial charge in [0.25, 0.3) is 0 Å². The second kappa shape index (κ2) is 5.74. The van der Waals surface area contributed by atoms with Crippen molar-refractivity contribution >= 4 is 27.3 Å². The fraction of sp³-hybridized carbons (Fsp3) is 0.154. The Hall–Kier alpha value is -1.70. The molecule has 1 aromatic carbocycles. The van der Waals surface area contributed by atoms with Crippen LogP contribution in [0.2, 0.25) is 0 Å². The third kappa shape index (κ3) is 3.06. The van der Waals surface area contributed by atoms with Gasteiger partial charge in [-0.25, -0.2) is 17.9 Å². The van der Waals surface area contributed by atoms with Crippen molar-refractivity contribution in [2.75, 3.05) is 0 Å². The minimum atomic E-state index is -3.86. The number of rotatable bonds is 5. The summed E-state index contributed by atoms with van der Waals surface area (Å²) in [7, 11) is -3.86. The lowest BCUT2D eigenvalue weighted by atomic mass is 10.1. The van der Waals surface area contributed by atoms with Crippen molar-refractivity contribution in [3.8, 4) is 0 Å². The molecule has 0 saturated heterocycles. The Balaban J connectivity index is 2.28. The predicted molar refractivity (Wildman–Crippen MR) is 76.5 cm³/mol. The van der Waals surface area contributed by atoms with Crippen molar-refractivity contribution in [3.05, 3.63) is 52.2 Å². The van der Waals surface area contributed by atoms with Gasteiger partial charge in [0.1, 0.15) is 9.77 Å². The van der Waals surface area contributed by atoms with Gasteiger partial charge in [0.15, 0.2) is 0 Å². The fourth-order valence-corrected chi connectivity index (χ4v) is 4.26. The molecule has 20 heavy (non-hydrogen) atoms. The second-order valence-corrected chi connectivity index (χ2v) is 6.77. The number of nitrogens with one attached hydrogen (secondary N) is 1. The van der Waals surface area contributed by atoms with Gasteiger partial charge >= 0.3 is 5.97 Å². The van der Waals surface area contributed by atoms with Gasteiger partial charge in [0, 0.05) is 6.04 Å². The summed E-state index contributed by atoms with van der Waals surface area (Å²) < 4.78 is 27.0. The SMILES string of the molecule is C[C@H](NS(=O)(=O)c1ccsc1C(=O)O)c1ccccc1. The number of carboxylic acid groups (broad SMARTS) is 1. The smallest absolute Gasteiger partial charge is 0.347 e. The number of thiophene rings is 1. The maximum atomic E-state index is 12.2. The molecule has 0 aliphatic carbocycles. The van der Waals surface area contributed by atoms with Gasteiger partial charge in [-0.2, -0.15) is 0 Å². The summed E-state index contributed by atoms with van der Waals surface area (Å²) in [5.41, 5.74) is 0.808. The maximum Gasteiger partial charge on any atom is 0.347 e. The largest absolute Gasteiger partial charge is 0.477 e. The zero-order valence-electron chi connectivity index (χ0n) is 10.6. The van der Waals surface area contributed by atoms with Crippen LogP contribution in [0.1, 0.15) is 28.2 Å². The third-order valence-corrected chi connectivity index (χ3v) is 5.36. The van der Waals surface area contributed by atoms with E-state index < -0.39 is 22.0 Å². The highest BCUT2D eigenvalue weighted by Gasteiger charge is 2.25. The molecule has 2 rings (SSSR count). The van der Waals surface area contributed by atoms with E-state index in [4.69, 9.17) is 5.11 Å². The molecule has 0 spiro atoms. The van der Waals surface area contributed by atoms with Gasteiger partial charge in [-0.3, -0.25) is 0 Å². The molecule has 0 unspecified atom stereocenters. The lowest BCUT2D eigenvalue weighted by Crippen LogP contribution is -2.27. The first-order valence-corrected chi connectivity index (χ1v) is 8.16. The second-order valence-electron chi connectivity index (χ2n) is 4.17. The average molecular weight is 311 g/mol. The van der Waals surface area contributed by atoms with Gasteiger partial charge in [-0.15, -0.1) is 11.3 Å². The third-order valence-electron chi connectivity index (χ3n) is 2.74. The first kappa shape index (κ1) is 14.7. The molecule has 0 fully saturated rings. The monoisotopic (exact) mass is 311 g/mol. The van der Waals surface area contributed by atoms with Crippen LogP contribution >= 0.6 is 11.3 Å². The maximum absolute atomic E-state index is 12.2. The number of aromatic carboxylic acids is 1. The summed E-state index contributed by atoms with van der Waals surface area (Å²) in [4.78, 5) is 10.6. The van der Waals surface area contributed by atoms with E-state index in [2.05, 4.69) is 4.72 Å². The minimum Gasteiger partial charge on any atom is -0.477 e. The Morgan fingerprint density at radius 3 is 2.50 bits per heavy atom. The summed E-state index contributed by atoms with van der Waals surface area (Å²) in [6, 6.07) is 9.93. The van der Waals surface area contributed by atoms with Gasteiger partial charge in [-0.05, 0) is 23.9 Å². The fourth-order valence-electron chi connectivity index (χ4n) is 1.77. The van der Waals surface area contributed by atoms with Crippen LogP contribution in [-0.4, -0.2) is 19.5 Å². The first-order chi connectivity index (χ1) is 9.42. The predicted octanol–water partition coefficient (Wildman–Crippen LogP) is 2.49. The van der Waals surface area contributed by atoms with Crippen LogP contribution in [0.15, 0.2) is 46.7 Å². The Kier molecular flexibility index (Phi) is 4.22. The Morgan fingerprint density at radius 2 is 1.90 bits per heavy atom. The highest BCUT2D eigenvalue weighted by Crippen LogP contribution is 2.24. The van der Waals surface area contributed by atoms with E-state index in [-0.39, 0.29) is 9.77 Å². The standard InChI is InChI=1S/C13H13NO4S2/c1-9(10-5-3-2-4-6-10)14-20(17,18)11-7-8-19-12(11)13(15)16/h2-9,14H,1H3,(H,15,16)/t9-/m0/s1. The topological polar surface area (TPSA) is 83.5 Å². The molecule has 2 N–H and O–H groups in total. The van der Waals surface area contributed by atoms with E-state index in [1.165, 1.54) is 11.4 Å². The van der Waals surface area contributed by atoms with E-state index >= 15 is 0 Å². The van der Waals surface area contributed by atoms with Gasteiger partial charge in [-0.1, -0.05) is 30.3 Å². The molecule has 5 nitrogen and oxygen atoms in total. The molecule has 106 valence electrons. The zero-order chi connectivity index (χ0) is 14.8. The van der Waals surface area contributed by atoms with Crippen LogP contribution in [0.4, 0.5) is 0 Å². The highest BCUT2D eigenvalue weighted by molar-refractivity contribution is 7.89. The van der Waals surface area contributed by atoms with Crippen LogP contribution in [-0.2, 0) is 10.0 Å². The Morgan fingerprint density at radius 1 is 1.25 bits per heavy atom. The molecule has 2 aromatic rings. The van der Waals surface area contributed by atoms with Crippen LogP contribution in [0, 0.1) is 0 Å². The van der Waals surface area contributed by atoms with Crippen molar-refractivity contribution in [1.29, 1.82) is 0 Å². The van der Waals surface area contributed by atoms with E-state index in [1.807, 2.05) is 18.2 Å². The van der Waals surface area contributed by atoms with Crippen molar-refractivity contribution in [2.24, 2.45) is 0 Å². The van der Waals surface area contributed by atoms with Gasteiger partial charge in [0.2, 0.25) is 10.0 Å². The van der Waals surface area contributed by atoms with Crippen LogP contribution in [0.3, 0.4) is 0 Å². The van der Waals surface area contributed by atoms with Gasteiger partial charge < -0.3 is 5.11 Å². The number of hydrogen-bond acceptors (Lipinski definition) is 4. The molecule has 0 amide bonds. The molecule has 0 aliphatic rings. The molecule has 0 saturated carbocycles. The average Bonchev–Trinajstić information content (AvgIpc) is 2.89. The number of benzene rings is 1. The molecule has 1 atom stereocenters. The summed E-state index contributed by atoms with van der Waals surface area (Å²) in [5.74, 6) is -1.24. The van der Waals surface area contributed by atoms with Crippen LogP contribution in [0.25, 0.3) is 0 Å². The lowest BCUT2D eigenvalue weighted by Gasteiger charge is -2.14. The summed E-state index contributed by atoms with van der Waals surface area (Å²) >= 11 is 0.889. The molecule has 0 aliphatic heterocycles. The normalized spacial score (nSPS) is 13.1. The minimum absolute atomic E-state index is 0.183. The molecule has 7 heteroatoms. The highest BCUT2D eigenvalue weighted by atomic mass is 32.2. The van der Waals surface area contributed by atoms with E-state index in [9.17, 15) is 13.2 Å². The lowest BCUT2D eigenvalue weighted by molar-refractivity contribution is 0.0698. The first-order valence-electron chi connectivity index (χ1n) is 5.80. The van der Waals surface area contributed by atoms with Crippen molar-refractivity contribution in [3.63, 3.8) is 0 Å². The van der Waals surface area contributed by atoms with Gasteiger partial charge in [0.05, 0.1) is 0 Å². The summed E-state index contributed by atoms with van der Waals surface area (Å²) in [6.07, 6.45) is 0. The molecular formula is C13H13NO4S2. The van der Waals surface area contributed by atoms with E-state index in [0.717, 1.165) is 16.9 Å². The van der Waals surface area contributed by atoms with Crippen LogP contribution < -0.4 is 4.72 Å². The van der Waals surface area contributed by atoms with Crippen LogP contribution in [0.5, 0.6) is 0 Å². The number of hydrogen-bond donors (Lipinski definition) is 2. The number of sulfonamides is 1. The summed E-state index contributed by atoms with van der Waals surface area (Å²) in [6.45, 7) is 1.71. The molecular weight excluding hydrogens is 298 g/mol. The Labute approximate surface area is 120 Å².